The van der Waals surface area contributed by atoms with Gasteiger partial charge in [-0.1, -0.05) is 43.3 Å². The van der Waals surface area contributed by atoms with E-state index in [0.29, 0.717) is 34.3 Å². The number of nitrogens with zero attached hydrogens (tertiary/aromatic N) is 2. The van der Waals surface area contributed by atoms with Crippen LogP contribution in [0, 0.1) is 0 Å². The van der Waals surface area contributed by atoms with Crippen LogP contribution >= 0.6 is 0 Å². The number of amides is 1. The predicted molar refractivity (Wildman–Crippen MR) is 94.8 cm³/mol. The number of benzene rings is 2. The van der Waals surface area contributed by atoms with Crippen molar-refractivity contribution in [2.24, 2.45) is 0 Å². The molecule has 1 amide bonds. The Labute approximate surface area is 145 Å². The second kappa shape index (κ2) is 7.17. The average molecular weight is 337 g/mol. The lowest BCUT2D eigenvalue weighted by molar-refractivity contribution is 0.102. The van der Waals surface area contributed by atoms with E-state index >= 15 is 0 Å². The molecule has 0 aliphatic carbocycles. The number of carbonyl (C=O) groups is 1. The molecule has 128 valence electrons. The smallest absolute Gasteiger partial charge is 0.260 e. The van der Waals surface area contributed by atoms with Gasteiger partial charge < -0.3 is 14.6 Å². The number of hydrogen-bond acceptors (Lipinski definition) is 5. The Kier molecular flexibility index (Phi) is 4.79. The molecular formula is C19H19N3O3. The van der Waals surface area contributed by atoms with Gasteiger partial charge in [0.05, 0.1) is 23.9 Å². The van der Waals surface area contributed by atoms with Gasteiger partial charge in [-0.05, 0) is 24.3 Å². The van der Waals surface area contributed by atoms with E-state index in [1.807, 2.05) is 38.1 Å². The van der Waals surface area contributed by atoms with Crippen LogP contribution in [0.5, 0.6) is 5.75 Å². The van der Waals surface area contributed by atoms with Crippen LogP contribution in [0.4, 0.5) is 5.69 Å². The van der Waals surface area contributed by atoms with Crippen LogP contribution in [0.2, 0.25) is 0 Å². The van der Waals surface area contributed by atoms with Gasteiger partial charge in [0.15, 0.2) is 5.82 Å². The Morgan fingerprint density at radius 1 is 1.12 bits per heavy atom. The zero-order valence-electron chi connectivity index (χ0n) is 14.3. The first-order valence-electron chi connectivity index (χ1n) is 7.97. The molecule has 0 saturated carbocycles. The van der Waals surface area contributed by atoms with Gasteiger partial charge in [0, 0.05) is 5.92 Å². The van der Waals surface area contributed by atoms with Gasteiger partial charge in [-0.2, -0.15) is 4.98 Å². The minimum absolute atomic E-state index is 0.160. The molecule has 6 nitrogen and oxygen atoms in total. The summed E-state index contributed by atoms with van der Waals surface area (Å²) in [5, 5.41) is 6.87. The monoisotopic (exact) mass is 337 g/mol. The maximum Gasteiger partial charge on any atom is 0.260 e. The van der Waals surface area contributed by atoms with E-state index in [1.54, 1.807) is 24.3 Å². The first-order valence-corrected chi connectivity index (χ1v) is 7.97. The summed E-state index contributed by atoms with van der Waals surface area (Å²) >= 11 is 0. The van der Waals surface area contributed by atoms with E-state index in [4.69, 9.17) is 9.26 Å². The summed E-state index contributed by atoms with van der Waals surface area (Å²) in [5.74, 6) is 1.40. The highest BCUT2D eigenvalue weighted by Gasteiger charge is 2.17. The maximum atomic E-state index is 12.6. The summed E-state index contributed by atoms with van der Waals surface area (Å²) in [6.45, 7) is 3.98. The molecular weight excluding hydrogens is 318 g/mol. The van der Waals surface area contributed by atoms with E-state index in [0.717, 1.165) is 0 Å². The second-order valence-electron chi connectivity index (χ2n) is 5.81. The highest BCUT2D eigenvalue weighted by atomic mass is 16.5. The number of para-hydroxylation sites is 2. The second-order valence-corrected chi connectivity index (χ2v) is 5.81. The van der Waals surface area contributed by atoms with Crippen molar-refractivity contribution in [1.82, 2.24) is 10.1 Å². The van der Waals surface area contributed by atoms with Crippen molar-refractivity contribution >= 4 is 11.6 Å². The van der Waals surface area contributed by atoms with Crippen LogP contribution in [0.3, 0.4) is 0 Å². The largest absolute Gasteiger partial charge is 0.496 e. The van der Waals surface area contributed by atoms with Crippen molar-refractivity contribution in [3.63, 3.8) is 0 Å². The molecule has 1 N–H and O–H groups in total. The SMILES string of the molecule is COc1ccccc1C(=O)Nc1ccccc1-c1nc(C(C)C)no1. The highest BCUT2D eigenvalue weighted by molar-refractivity contribution is 6.07. The fourth-order valence-corrected chi connectivity index (χ4v) is 2.38. The summed E-state index contributed by atoms with van der Waals surface area (Å²) in [5.41, 5.74) is 1.72. The van der Waals surface area contributed by atoms with Crippen LogP contribution in [0.15, 0.2) is 53.1 Å². The van der Waals surface area contributed by atoms with Gasteiger partial charge in [-0.3, -0.25) is 4.79 Å². The fraction of sp³-hybridized carbons (Fsp3) is 0.211. The van der Waals surface area contributed by atoms with Gasteiger partial charge in [0.1, 0.15) is 5.75 Å². The molecule has 1 aromatic heterocycles. The van der Waals surface area contributed by atoms with Gasteiger partial charge in [0.25, 0.3) is 11.8 Å². The molecule has 3 rings (SSSR count). The first-order chi connectivity index (χ1) is 12.1. The van der Waals surface area contributed by atoms with Crippen molar-refractivity contribution in [2.75, 3.05) is 12.4 Å². The standard InChI is InChI=1S/C19H19N3O3/c1-12(2)17-21-19(25-22-17)13-8-4-6-10-15(13)20-18(23)14-9-5-7-11-16(14)24-3/h4-12H,1-3H3,(H,20,23). The van der Waals surface area contributed by atoms with Crippen molar-refractivity contribution in [2.45, 2.75) is 19.8 Å². The number of methoxy groups -OCH3 is 1. The quantitative estimate of drug-likeness (QED) is 0.758. The average Bonchev–Trinajstić information content (AvgIpc) is 3.12. The maximum absolute atomic E-state index is 12.6. The predicted octanol–water partition coefficient (Wildman–Crippen LogP) is 4.12. The number of rotatable bonds is 5. The molecule has 6 heteroatoms. The Bertz CT molecular complexity index is 887. The molecule has 0 bridgehead atoms. The third kappa shape index (κ3) is 3.52. The van der Waals surface area contributed by atoms with E-state index < -0.39 is 0 Å². The summed E-state index contributed by atoms with van der Waals surface area (Å²) < 4.78 is 10.6. The zero-order valence-corrected chi connectivity index (χ0v) is 14.3. The lowest BCUT2D eigenvalue weighted by Gasteiger charge is -2.11. The minimum atomic E-state index is -0.270. The molecule has 0 atom stereocenters. The van der Waals surface area contributed by atoms with Gasteiger partial charge >= 0.3 is 0 Å². The summed E-state index contributed by atoms with van der Waals surface area (Å²) in [7, 11) is 1.53. The summed E-state index contributed by atoms with van der Waals surface area (Å²) in [6, 6.07) is 14.4. The van der Waals surface area contributed by atoms with Crippen LogP contribution in [0.1, 0.15) is 35.9 Å². The Morgan fingerprint density at radius 3 is 2.56 bits per heavy atom. The van der Waals surface area contributed by atoms with Crippen LogP contribution in [-0.2, 0) is 0 Å². The van der Waals surface area contributed by atoms with E-state index in [9.17, 15) is 4.79 Å². The lowest BCUT2D eigenvalue weighted by atomic mass is 10.1. The molecule has 25 heavy (non-hydrogen) atoms. The Morgan fingerprint density at radius 2 is 1.84 bits per heavy atom. The van der Waals surface area contributed by atoms with Gasteiger partial charge in [-0.25, -0.2) is 0 Å². The minimum Gasteiger partial charge on any atom is -0.496 e. The third-order valence-electron chi connectivity index (χ3n) is 3.72. The van der Waals surface area contributed by atoms with E-state index in [2.05, 4.69) is 15.5 Å². The molecule has 0 aliphatic heterocycles. The molecule has 0 unspecified atom stereocenters. The molecule has 0 radical (unpaired) electrons. The van der Waals surface area contributed by atoms with Crippen LogP contribution < -0.4 is 10.1 Å². The Balaban J connectivity index is 1.92. The molecule has 2 aromatic carbocycles. The number of aromatic nitrogens is 2. The molecule has 0 spiro atoms. The first kappa shape index (κ1) is 16.7. The van der Waals surface area contributed by atoms with Crippen molar-refractivity contribution in [1.29, 1.82) is 0 Å². The topological polar surface area (TPSA) is 77.2 Å². The third-order valence-corrected chi connectivity index (χ3v) is 3.72. The van der Waals surface area contributed by atoms with Crippen LogP contribution in [-0.4, -0.2) is 23.2 Å². The molecule has 0 aliphatic rings. The lowest BCUT2D eigenvalue weighted by Crippen LogP contribution is -2.13. The van der Waals surface area contributed by atoms with Crippen LogP contribution in [0.25, 0.3) is 11.5 Å². The number of hydrogen-bond donors (Lipinski definition) is 1. The van der Waals surface area contributed by atoms with Crippen molar-refractivity contribution in [3.05, 3.63) is 59.9 Å². The molecule has 0 saturated heterocycles. The zero-order chi connectivity index (χ0) is 17.8. The number of nitrogens with one attached hydrogen (secondary N) is 1. The number of ether oxygens (including phenoxy) is 1. The fourth-order valence-electron chi connectivity index (χ4n) is 2.38. The molecule has 0 fully saturated rings. The molecule has 1 heterocycles. The van der Waals surface area contributed by atoms with E-state index in [1.165, 1.54) is 7.11 Å². The van der Waals surface area contributed by atoms with Gasteiger partial charge in [0.2, 0.25) is 0 Å². The molecule has 3 aromatic rings. The van der Waals surface area contributed by atoms with Gasteiger partial charge in [-0.15, -0.1) is 0 Å². The summed E-state index contributed by atoms with van der Waals surface area (Å²) in [6.07, 6.45) is 0. The van der Waals surface area contributed by atoms with Crippen molar-refractivity contribution < 1.29 is 14.1 Å². The normalized spacial score (nSPS) is 10.7. The number of carbonyl (C=O) groups excluding carboxylic acids is 1. The Hall–Kier alpha value is -3.15. The highest BCUT2D eigenvalue weighted by Crippen LogP contribution is 2.28. The van der Waals surface area contributed by atoms with E-state index in [-0.39, 0.29) is 11.8 Å². The summed E-state index contributed by atoms with van der Waals surface area (Å²) in [4.78, 5) is 17.0. The van der Waals surface area contributed by atoms with Crippen molar-refractivity contribution in [3.8, 4) is 17.2 Å². The number of anilines is 1.